The number of rotatable bonds is 1. The molecular formula is C7H9BrN2OS. The lowest BCUT2D eigenvalue weighted by Gasteiger charge is -2.17. The summed E-state index contributed by atoms with van der Waals surface area (Å²) in [5, 5.41) is 3.90. The number of aromatic nitrogens is 2. The molecule has 0 unspecified atom stereocenters. The fourth-order valence-corrected chi connectivity index (χ4v) is 2.70. The third-order valence-corrected chi connectivity index (χ3v) is 3.37. The van der Waals surface area contributed by atoms with E-state index in [1.807, 2.05) is 11.8 Å². The summed E-state index contributed by atoms with van der Waals surface area (Å²) in [5.41, 5.74) is 0. The summed E-state index contributed by atoms with van der Waals surface area (Å²) in [6, 6.07) is 0. The number of hydrogen-bond acceptors (Lipinski definition) is 4. The van der Waals surface area contributed by atoms with E-state index in [9.17, 15) is 0 Å². The SMILES string of the molecule is Brc1nc(C2CCSCC2)no1. The maximum Gasteiger partial charge on any atom is 0.293 e. The third-order valence-electron chi connectivity index (χ3n) is 2.00. The van der Waals surface area contributed by atoms with Gasteiger partial charge in [0, 0.05) is 21.8 Å². The fourth-order valence-electron chi connectivity index (χ4n) is 1.34. The average Bonchev–Trinajstić information content (AvgIpc) is 2.54. The highest BCUT2D eigenvalue weighted by molar-refractivity contribution is 9.10. The van der Waals surface area contributed by atoms with Crippen LogP contribution in [0.1, 0.15) is 24.6 Å². The van der Waals surface area contributed by atoms with Gasteiger partial charge in [-0.05, 0) is 24.3 Å². The first kappa shape index (κ1) is 8.56. The van der Waals surface area contributed by atoms with Crippen LogP contribution in [0.4, 0.5) is 0 Å². The number of halogens is 1. The van der Waals surface area contributed by atoms with Crippen LogP contribution >= 0.6 is 27.7 Å². The van der Waals surface area contributed by atoms with Crippen molar-refractivity contribution in [1.82, 2.24) is 10.1 Å². The molecular weight excluding hydrogens is 240 g/mol. The number of hydrogen-bond donors (Lipinski definition) is 0. The monoisotopic (exact) mass is 248 g/mol. The second kappa shape index (κ2) is 3.79. The Labute approximate surface area is 83.4 Å². The second-order valence-electron chi connectivity index (χ2n) is 2.79. The number of nitrogens with zero attached hydrogens (tertiary/aromatic N) is 2. The highest BCUT2D eigenvalue weighted by Crippen LogP contribution is 2.29. The zero-order chi connectivity index (χ0) is 8.39. The van der Waals surface area contributed by atoms with E-state index in [4.69, 9.17) is 4.52 Å². The summed E-state index contributed by atoms with van der Waals surface area (Å²) in [7, 11) is 0. The average molecular weight is 249 g/mol. The van der Waals surface area contributed by atoms with Gasteiger partial charge in [-0.25, -0.2) is 0 Å². The van der Waals surface area contributed by atoms with Gasteiger partial charge in [-0.1, -0.05) is 5.16 Å². The van der Waals surface area contributed by atoms with Crippen LogP contribution in [0.5, 0.6) is 0 Å². The lowest BCUT2D eigenvalue weighted by atomic mass is 10.0. The van der Waals surface area contributed by atoms with Crippen LogP contribution in [0, 0.1) is 0 Å². The summed E-state index contributed by atoms with van der Waals surface area (Å²) in [6.45, 7) is 0. The topological polar surface area (TPSA) is 38.9 Å². The molecule has 1 aromatic heterocycles. The van der Waals surface area contributed by atoms with Crippen molar-refractivity contribution >= 4 is 27.7 Å². The Kier molecular flexibility index (Phi) is 2.70. The first-order valence-corrected chi connectivity index (χ1v) is 5.88. The van der Waals surface area contributed by atoms with Gasteiger partial charge in [0.2, 0.25) is 0 Å². The third kappa shape index (κ3) is 1.82. The van der Waals surface area contributed by atoms with E-state index >= 15 is 0 Å². The molecule has 0 bridgehead atoms. The van der Waals surface area contributed by atoms with Crippen molar-refractivity contribution in [3.8, 4) is 0 Å². The van der Waals surface area contributed by atoms with Crippen molar-refractivity contribution in [1.29, 1.82) is 0 Å². The molecule has 0 aromatic carbocycles. The molecule has 1 saturated heterocycles. The predicted molar refractivity (Wildman–Crippen MR) is 51.3 cm³/mol. The fraction of sp³-hybridized carbons (Fsp3) is 0.714. The van der Waals surface area contributed by atoms with Crippen LogP contribution < -0.4 is 0 Å². The van der Waals surface area contributed by atoms with Crippen LogP contribution in [0.15, 0.2) is 9.32 Å². The van der Waals surface area contributed by atoms with E-state index in [0.717, 1.165) is 5.82 Å². The van der Waals surface area contributed by atoms with E-state index in [1.54, 1.807) is 0 Å². The van der Waals surface area contributed by atoms with Crippen LogP contribution in [0.25, 0.3) is 0 Å². The largest absolute Gasteiger partial charge is 0.327 e. The first-order chi connectivity index (χ1) is 5.86. The summed E-state index contributed by atoms with van der Waals surface area (Å²) in [4.78, 5) is 4.66. The minimum absolute atomic E-state index is 0.496. The molecule has 1 aliphatic heterocycles. The summed E-state index contributed by atoms with van der Waals surface area (Å²) >= 11 is 5.16. The molecule has 0 atom stereocenters. The molecule has 1 aliphatic rings. The lowest BCUT2D eigenvalue weighted by Crippen LogP contribution is -2.09. The van der Waals surface area contributed by atoms with E-state index in [-0.39, 0.29) is 0 Å². The van der Waals surface area contributed by atoms with E-state index in [0.29, 0.717) is 10.7 Å². The van der Waals surface area contributed by atoms with Crippen molar-refractivity contribution in [2.24, 2.45) is 0 Å². The number of thioether (sulfide) groups is 1. The van der Waals surface area contributed by atoms with Gasteiger partial charge in [0.25, 0.3) is 4.80 Å². The molecule has 66 valence electrons. The highest BCUT2D eigenvalue weighted by Gasteiger charge is 2.20. The highest BCUT2D eigenvalue weighted by atomic mass is 79.9. The Bertz CT molecular complexity index is 260. The van der Waals surface area contributed by atoms with Crippen molar-refractivity contribution < 1.29 is 4.52 Å². The maximum absolute atomic E-state index is 4.87. The van der Waals surface area contributed by atoms with Gasteiger partial charge < -0.3 is 4.52 Å². The molecule has 0 aliphatic carbocycles. The normalized spacial score (nSPS) is 19.8. The van der Waals surface area contributed by atoms with Gasteiger partial charge in [0.15, 0.2) is 5.82 Å². The van der Waals surface area contributed by atoms with Crippen molar-refractivity contribution in [3.05, 3.63) is 10.6 Å². The van der Waals surface area contributed by atoms with Crippen LogP contribution in [-0.2, 0) is 0 Å². The molecule has 0 amide bonds. The zero-order valence-corrected chi connectivity index (χ0v) is 8.90. The summed E-state index contributed by atoms with van der Waals surface area (Å²) < 4.78 is 4.87. The first-order valence-electron chi connectivity index (χ1n) is 3.93. The van der Waals surface area contributed by atoms with Crippen molar-refractivity contribution in [2.45, 2.75) is 18.8 Å². The molecule has 1 aromatic rings. The molecule has 12 heavy (non-hydrogen) atoms. The quantitative estimate of drug-likeness (QED) is 0.766. The Balaban J connectivity index is 2.08. The van der Waals surface area contributed by atoms with Gasteiger partial charge in [-0.3, -0.25) is 0 Å². The smallest absolute Gasteiger partial charge is 0.293 e. The van der Waals surface area contributed by atoms with E-state index in [2.05, 4.69) is 26.1 Å². The standard InChI is InChI=1S/C7H9BrN2OS/c8-7-9-6(10-11-7)5-1-3-12-4-2-5/h5H,1-4H2. The van der Waals surface area contributed by atoms with Gasteiger partial charge in [0.05, 0.1) is 0 Å². The van der Waals surface area contributed by atoms with Crippen molar-refractivity contribution in [3.63, 3.8) is 0 Å². The van der Waals surface area contributed by atoms with E-state index in [1.165, 1.54) is 24.3 Å². The molecule has 0 spiro atoms. The van der Waals surface area contributed by atoms with Gasteiger partial charge in [-0.15, -0.1) is 0 Å². The second-order valence-corrected chi connectivity index (χ2v) is 4.70. The summed E-state index contributed by atoms with van der Waals surface area (Å²) in [6.07, 6.45) is 2.35. The molecule has 0 radical (unpaired) electrons. The predicted octanol–water partition coefficient (Wildman–Crippen LogP) is 2.44. The Morgan fingerprint density at radius 1 is 1.42 bits per heavy atom. The van der Waals surface area contributed by atoms with Crippen LogP contribution in [0.3, 0.4) is 0 Å². The van der Waals surface area contributed by atoms with Crippen molar-refractivity contribution in [2.75, 3.05) is 11.5 Å². The molecule has 5 heteroatoms. The Morgan fingerprint density at radius 2 is 2.17 bits per heavy atom. The molecule has 2 heterocycles. The molecule has 1 fully saturated rings. The van der Waals surface area contributed by atoms with E-state index < -0.39 is 0 Å². The zero-order valence-electron chi connectivity index (χ0n) is 6.49. The molecule has 0 saturated carbocycles. The Morgan fingerprint density at radius 3 is 2.75 bits per heavy atom. The molecule has 0 N–H and O–H groups in total. The Hall–Kier alpha value is -0.0300. The van der Waals surface area contributed by atoms with Gasteiger partial charge in [0.1, 0.15) is 0 Å². The minimum atomic E-state index is 0.496. The molecule has 3 nitrogen and oxygen atoms in total. The minimum Gasteiger partial charge on any atom is -0.327 e. The van der Waals surface area contributed by atoms with Gasteiger partial charge in [-0.2, -0.15) is 16.7 Å². The summed E-state index contributed by atoms with van der Waals surface area (Å²) in [5.74, 6) is 3.82. The van der Waals surface area contributed by atoms with Gasteiger partial charge >= 0.3 is 0 Å². The van der Waals surface area contributed by atoms with Crippen LogP contribution in [-0.4, -0.2) is 21.6 Å². The molecule has 2 rings (SSSR count). The maximum atomic E-state index is 4.87. The van der Waals surface area contributed by atoms with Crippen LogP contribution in [0.2, 0.25) is 0 Å². The lowest BCUT2D eigenvalue weighted by molar-refractivity contribution is 0.383.